The van der Waals surface area contributed by atoms with Crippen molar-refractivity contribution in [2.45, 2.75) is 10.8 Å². The highest BCUT2D eigenvalue weighted by Crippen LogP contribution is 2.27. The molecule has 0 unspecified atom stereocenters. The van der Waals surface area contributed by atoms with Crippen LogP contribution in [-0.2, 0) is 5.75 Å². The van der Waals surface area contributed by atoms with Gasteiger partial charge in [0.05, 0.1) is 5.02 Å². The van der Waals surface area contributed by atoms with E-state index in [1.165, 1.54) is 23.9 Å². The number of thioether (sulfide) groups is 1. The third-order valence-electron chi connectivity index (χ3n) is 2.38. The van der Waals surface area contributed by atoms with Crippen LogP contribution in [0.15, 0.2) is 41.6 Å². The van der Waals surface area contributed by atoms with Crippen LogP contribution in [0.1, 0.15) is 5.56 Å². The van der Waals surface area contributed by atoms with Gasteiger partial charge in [0.15, 0.2) is 0 Å². The molecular weight excluding hydrogens is 287 g/mol. The molecule has 0 bridgehead atoms. The predicted molar refractivity (Wildman–Crippen MR) is 75.0 cm³/mol. The van der Waals surface area contributed by atoms with Crippen LogP contribution in [0.25, 0.3) is 0 Å². The summed E-state index contributed by atoms with van der Waals surface area (Å²) in [6, 6.07) is 7.43. The minimum atomic E-state index is -1.68. The number of pyridine rings is 1. The largest absolute Gasteiger partial charge is 0.488 e. The maximum absolute atomic E-state index is 13.3. The molecule has 1 aromatic carbocycles. The standard InChI is InChI=1S/C12H10BClFNO2S/c14-11-2-1-3-16-12(11)19-7-8-4-9(13(17)18)6-10(15)5-8/h1-6,17-18H,7H2. The smallest absolute Gasteiger partial charge is 0.423 e. The molecule has 0 radical (unpaired) electrons. The van der Waals surface area contributed by atoms with Crippen molar-refractivity contribution in [1.29, 1.82) is 0 Å². The van der Waals surface area contributed by atoms with Crippen LogP contribution in [-0.4, -0.2) is 22.2 Å². The highest BCUT2D eigenvalue weighted by Gasteiger charge is 2.13. The Morgan fingerprint density at radius 1 is 1.32 bits per heavy atom. The summed E-state index contributed by atoms with van der Waals surface area (Å²) in [6.07, 6.45) is 1.63. The number of halogens is 2. The highest BCUT2D eigenvalue weighted by atomic mass is 35.5. The number of nitrogens with zero attached hydrogens (tertiary/aromatic N) is 1. The number of hydrogen-bond donors (Lipinski definition) is 2. The molecule has 0 amide bonds. The van der Waals surface area contributed by atoms with Gasteiger partial charge in [0.1, 0.15) is 10.8 Å². The zero-order valence-corrected chi connectivity index (χ0v) is 11.3. The van der Waals surface area contributed by atoms with Gasteiger partial charge in [-0.2, -0.15) is 0 Å². The molecule has 2 rings (SSSR count). The summed E-state index contributed by atoms with van der Waals surface area (Å²) in [7, 11) is -1.68. The Kier molecular flexibility index (Phi) is 4.82. The third-order valence-corrected chi connectivity index (χ3v) is 3.87. The Morgan fingerprint density at radius 3 is 2.79 bits per heavy atom. The first-order valence-electron chi connectivity index (χ1n) is 5.45. The molecule has 0 saturated heterocycles. The van der Waals surface area contributed by atoms with Crippen molar-refractivity contribution in [3.8, 4) is 0 Å². The van der Waals surface area contributed by atoms with Crippen molar-refractivity contribution in [2.75, 3.05) is 0 Å². The van der Waals surface area contributed by atoms with Gasteiger partial charge in [0.2, 0.25) is 0 Å². The fraction of sp³-hybridized carbons (Fsp3) is 0.0833. The first kappa shape index (κ1) is 14.3. The fourth-order valence-corrected chi connectivity index (χ4v) is 2.63. The van der Waals surface area contributed by atoms with E-state index in [-0.39, 0.29) is 5.46 Å². The van der Waals surface area contributed by atoms with Gasteiger partial charge < -0.3 is 10.0 Å². The van der Waals surface area contributed by atoms with Crippen molar-refractivity contribution < 1.29 is 14.4 Å². The SMILES string of the molecule is OB(O)c1cc(F)cc(CSc2ncccc2Cl)c1. The molecule has 2 aromatic rings. The second kappa shape index (κ2) is 6.39. The lowest BCUT2D eigenvalue weighted by atomic mass is 9.79. The van der Waals surface area contributed by atoms with E-state index >= 15 is 0 Å². The van der Waals surface area contributed by atoms with Crippen LogP contribution >= 0.6 is 23.4 Å². The predicted octanol–water partition coefficient (Wildman–Crippen LogP) is 1.85. The van der Waals surface area contributed by atoms with E-state index in [0.717, 1.165) is 6.07 Å². The Labute approximate surface area is 119 Å². The molecular formula is C12H10BClFNO2S. The number of aromatic nitrogens is 1. The molecule has 0 saturated carbocycles. The quantitative estimate of drug-likeness (QED) is 0.668. The lowest BCUT2D eigenvalue weighted by Gasteiger charge is -2.06. The number of hydrogen-bond acceptors (Lipinski definition) is 4. The van der Waals surface area contributed by atoms with Crippen LogP contribution in [0.3, 0.4) is 0 Å². The lowest BCUT2D eigenvalue weighted by molar-refractivity contribution is 0.425. The summed E-state index contributed by atoms with van der Waals surface area (Å²) in [5, 5.41) is 19.3. The van der Waals surface area contributed by atoms with Crippen molar-refractivity contribution in [2.24, 2.45) is 0 Å². The average molecular weight is 298 g/mol. The molecule has 1 heterocycles. The molecule has 19 heavy (non-hydrogen) atoms. The zero-order chi connectivity index (χ0) is 13.8. The van der Waals surface area contributed by atoms with Crippen LogP contribution < -0.4 is 5.46 Å². The van der Waals surface area contributed by atoms with E-state index in [1.54, 1.807) is 18.3 Å². The molecule has 2 N–H and O–H groups in total. The highest BCUT2D eigenvalue weighted by molar-refractivity contribution is 7.98. The van der Waals surface area contributed by atoms with E-state index < -0.39 is 12.9 Å². The molecule has 0 atom stereocenters. The Bertz CT molecular complexity index is 585. The monoisotopic (exact) mass is 297 g/mol. The molecule has 0 aliphatic rings. The summed E-state index contributed by atoms with van der Waals surface area (Å²) in [6.45, 7) is 0. The summed E-state index contributed by atoms with van der Waals surface area (Å²) in [4.78, 5) is 4.11. The van der Waals surface area contributed by atoms with Gasteiger partial charge >= 0.3 is 7.12 Å². The molecule has 0 aliphatic heterocycles. The molecule has 7 heteroatoms. The van der Waals surface area contributed by atoms with Gasteiger partial charge in [-0.1, -0.05) is 17.7 Å². The molecule has 0 aliphatic carbocycles. The molecule has 98 valence electrons. The second-order valence-electron chi connectivity index (χ2n) is 3.85. The average Bonchev–Trinajstić information content (AvgIpc) is 2.37. The van der Waals surface area contributed by atoms with Crippen molar-refractivity contribution in [3.63, 3.8) is 0 Å². The summed E-state index contributed by atoms with van der Waals surface area (Å²) in [5.74, 6) is -0.0675. The summed E-state index contributed by atoms with van der Waals surface area (Å²) in [5.41, 5.74) is 0.762. The first-order valence-corrected chi connectivity index (χ1v) is 6.81. The van der Waals surface area contributed by atoms with E-state index in [1.807, 2.05) is 0 Å². The van der Waals surface area contributed by atoms with E-state index in [9.17, 15) is 4.39 Å². The van der Waals surface area contributed by atoms with Gasteiger partial charge in [-0.15, -0.1) is 11.8 Å². The number of rotatable bonds is 4. The molecule has 3 nitrogen and oxygen atoms in total. The molecule has 1 aromatic heterocycles. The van der Waals surface area contributed by atoms with Crippen molar-refractivity contribution >= 4 is 35.9 Å². The first-order chi connectivity index (χ1) is 9.06. The third kappa shape index (κ3) is 3.94. The zero-order valence-electron chi connectivity index (χ0n) is 9.75. The van der Waals surface area contributed by atoms with E-state index in [0.29, 0.717) is 21.4 Å². The lowest BCUT2D eigenvalue weighted by Crippen LogP contribution is -2.30. The topological polar surface area (TPSA) is 53.4 Å². The Morgan fingerprint density at radius 2 is 2.11 bits per heavy atom. The van der Waals surface area contributed by atoms with Crippen LogP contribution in [0.4, 0.5) is 4.39 Å². The normalized spacial score (nSPS) is 10.5. The molecule has 0 fully saturated rings. The minimum absolute atomic E-state index is 0.128. The van der Waals surface area contributed by atoms with Gasteiger partial charge in [-0.3, -0.25) is 0 Å². The fourth-order valence-electron chi connectivity index (χ4n) is 1.54. The van der Waals surface area contributed by atoms with E-state index in [2.05, 4.69) is 4.98 Å². The van der Waals surface area contributed by atoms with Crippen molar-refractivity contribution in [3.05, 3.63) is 52.9 Å². The Balaban J connectivity index is 2.14. The summed E-state index contributed by atoms with van der Waals surface area (Å²) < 4.78 is 13.3. The van der Waals surface area contributed by atoms with Gasteiger partial charge in [0.25, 0.3) is 0 Å². The molecule has 0 spiro atoms. The van der Waals surface area contributed by atoms with Gasteiger partial charge in [0, 0.05) is 11.9 Å². The second-order valence-corrected chi connectivity index (χ2v) is 5.22. The van der Waals surface area contributed by atoms with Gasteiger partial charge in [-0.25, -0.2) is 9.37 Å². The van der Waals surface area contributed by atoms with Crippen molar-refractivity contribution in [1.82, 2.24) is 4.98 Å². The summed E-state index contributed by atoms with van der Waals surface area (Å²) >= 11 is 7.32. The maximum atomic E-state index is 13.3. The van der Waals surface area contributed by atoms with E-state index in [4.69, 9.17) is 21.6 Å². The van der Waals surface area contributed by atoms with Gasteiger partial charge in [-0.05, 0) is 35.3 Å². The van der Waals surface area contributed by atoms with Crippen LogP contribution in [0, 0.1) is 5.82 Å². The number of benzene rings is 1. The van der Waals surface area contributed by atoms with Crippen LogP contribution in [0.2, 0.25) is 5.02 Å². The Hall–Kier alpha value is -1.08. The van der Waals surface area contributed by atoms with Crippen LogP contribution in [0.5, 0.6) is 0 Å². The minimum Gasteiger partial charge on any atom is -0.423 e. The maximum Gasteiger partial charge on any atom is 0.488 e.